The van der Waals surface area contributed by atoms with Crippen LogP contribution in [0.2, 0.25) is 0 Å². The summed E-state index contributed by atoms with van der Waals surface area (Å²) in [6.45, 7) is 8.01. The number of amides is 1. The Morgan fingerprint density at radius 3 is 2.33 bits per heavy atom. The van der Waals surface area contributed by atoms with E-state index in [1.54, 1.807) is 4.90 Å². The maximum absolute atomic E-state index is 11.7. The quantitative estimate of drug-likeness (QED) is 0.676. The van der Waals surface area contributed by atoms with Crippen LogP contribution in [0.3, 0.4) is 0 Å². The summed E-state index contributed by atoms with van der Waals surface area (Å²) in [5.41, 5.74) is 0. The summed E-state index contributed by atoms with van der Waals surface area (Å²) in [7, 11) is 1.82. The Morgan fingerprint density at radius 2 is 1.93 bits per heavy atom. The van der Waals surface area contributed by atoms with Gasteiger partial charge in [-0.2, -0.15) is 0 Å². The van der Waals surface area contributed by atoms with Crippen LogP contribution in [-0.2, 0) is 4.79 Å². The maximum atomic E-state index is 11.7. The van der Waals surface area contributed by atoms with Gasteiger partial charge in [-0.25, -0.2) is 0 Å². The summed E-state index contributed by atoms with van der Waals surface area (Å²) in [6, 6.07) is 0.232. The van der Waals surface area contributed by atoms with Crippen molar-refractivity contribution in [2.24, 2.45) is 0 Å². The number of hydrogen-bond acceptors (Lipinski definition) is 3. The van der Waals surface area contributed by atoms with E-state index in [0.717, 1.165) is 13.0 Å². The van der Waals surface area contributed by atoms with Gasteiger partial charge in [0.15, 0.2) is 0 Å². The van der Waals surface area contributed by atoms with Crippen molar-refractivity contribution in [3.05, 3.63) is 0 Å². The fraction of sp³-hybridized carbons (Fsp3) is 0.909. The van der Waals surface area contributed by atoms with E-state index >= 15 is 0 Å². The van der Waals surface area contributed by atoms with Crippen LogP contribution in [0.25, 0.3) is 0 Å². The second kappa shape index (κ2) is 7.65. The molecule has 0 aromatic rings. The molecule has 0 atom stereocenters. The topological polar surface area (TPSA) is 43.8 Å². The van der Waals surface area contributed by atoms with Gasteiger partial charge in [0.1, 0.15) is 0 Å². The lowest BCUT2D eigenvalue weighted by Gasteiger charge is -2.26. The van der Waals surface area contributed by atoms with Crippen LogP contribution in [0.4, 0.5) is 0 Å². The molecular formula is C11H24N2O2. The van der Waals surface area contributed by atoms with Gasteiger partial charge in [-0.05, 0) is 26.8 Å². The zero-order chi connectivity index (χ0) is 11.8. The zero-order valence-electron chi connectivity index (χ0n) is 10.4. The molecule has 0 aromatic carbocycles. The van der Waals surface area contributed by atoms with Gasteiger partial charge < -0.3 is 10.0 Å². The molecule has 0 aliphatic rings. The Kier molecular flexibility index (Phi) is 7.34. The van der Waals surface area contributed by atoms with Gasteiger partial charge in [0.25, 0.3) is 0 Å². The Bertz CT molecular complexity index is 177. The van der Waals surface area contributed by atoms with E-state index in [1.165, 1.54) is 0 Å². The van der Waals surface area contributed by atoms with E-state index in [2.05, 4.69) is 6.92 Å². The van der Waals surface area contributed by atoms with E-state index in [-0.39, 0.29) is 18.6 Å². The number of likely N-dealkylation sites (N-methyl/N-ethyl adjacent to an activating group) is 1. The molecule has 0 aromatic heterocycles. The van der Waals surface area contributed by atoms with Crippen molar-refractivity contribution in [3.8, 4) is 0 Å². The Labute approximate surface area is 92.9 Å². The zero-order valence-corrected chi connectivity index (χ0v) is 10.4. The highest BCUT2D eigenvalue weighted by atomic mass is 16.3. The Balaban J connectivity index is 4.09. The van der Waals surface area contributed by atoms with Gasteiger partial charge in [-0.15, -0.1) is 0 Å². The third kappa shape index (κ3) is 5.74. The van der Waals surface area contributed by atoms with Crippen molar-refractivity contribution in [2.45, 2.75) is 33.2 Å². The number of carbonyl (C=O) groups is 1. The van der Waals surface area contributed by atoms with Gasteiger partial charge in [-0.1, -0.05) is 6.92 Å². The standard InChI is InChI=1S/C11H24N2O2/c1-5-6-13(7-8-14)9-11(15)12(4)10(2)3/h10,14H,5-9H2,1-4H3. The fourth-order valence-electron chi connectivity index (χ4n) is 1.32. The van der Waals surface area contributed by atoms with Crippen molar-refractivity contribution >= 4 is 5.91 Å². The molecule has 0 aliphatic heterocycles. The summed E-state index contributed by atoms with van der Waals surface area (Å²) in [5, 5.41) is 8.86. The molecule has 0 bridgehead atoms. The molecule has 0 rings (SSSR count). The summed E-state index contributed by atoms with van der Waals surface area (Å²) >= 11 is 0. The number of carbonyl (C=O) groups excluding carboxylic acids is 1. The van der Waals surface area contributed by atoms with Gasteiger partial charge in [-0.3, -0.25) is 9.69 Å². The van der Waals surface area contributed by atoms with Crippen LogP contribution < -0.4 is 0 Å². The molecule has 4 nitrogen and oxygen atoms in total. The second-order valence-corrected chi connectivity index (χ2v) is 4.10. The van der Waals surface area contributed by atoms with Gasteiger partial charge in [0.2, 0.25) is 5.91 Å². The maximum Gasteiger partial charge on any atom is 0.236 e. The first-order valence-corrected chi connectivity index (χ1v) is 5.61. The fourth-order valence-corrected chi connectivity index (χ4v) is 1.32. The summed E-state index contributed by atoms with van der Waals surface area (Å²) in [6.07, 6.45) is 0.999. The lowest BCUT2D eigenvalue weighted by molar-refractivity contribution is -0.132. The van der Waals surface area contributed by atoms with E-state index in [9.17, 15) is 4.79 Å². The lowest BCUT2D eigenvalue weighted by atomic mass is 10.3. The molecule has 0 saturated carbocycles. The van der Waals surface area contributed by atoms with Crippen molar-refractivity contribution in [1.82, 2.24) is 9.80 Å². The third-order valence-corrected chi connectivity index (χ3v) is 2.48. The number of aliphatic hydroxyl groups is 1. The van der Waals surface area contributed by atoms with Gasteiger partial charge >= 0.3 is 0 Å². The minimum absolute atomic E-state index is 0.110. The predicted molar refractivity (Wildman–Crippen MR) is 61.7 cm³/mol. The first kappa shape index (κ1) is 14.4. The summed E-state index contributed by atoms with van der Waals surface area (Å²) < 4.78 is 0. The molecule has 4 heteroatoms. The van der Waals surface area contributed by atoms with Crippen molar-refractivity contribution in [3.63, 3.8) is 0 Å². The summed E-state index contributed by atoms with van der Waals surface area (Å²) in [4.78, 5) is 15.5. The van der Waals surface area contributed by atoms with Crippen LogP contribution in [0.5, 0.6) is 0 Å². The van der Waals surface area contributed by atoms with Crippen LogP contribution >= 0.6 is 0 Å². The average molecular weight is 216 g/mol. The van der Waals surface area contributed by atoms with Crippen molar-refractivity contribution < 1.29 is 9.90 Å². The molecule has 1 amide bonds. The van der Waals surface area contributed by atoms with Crippen LogP contribution in [0, 0.1) is 0 Å². The molecule has 0 aliphatic carbocycles. The Hall–Kier alpha value is -0.610. The predicted octanol–water partition coefficient (Wildman–Crippen LogP) is 0.557. The largest absolute Gasteiger partial charge is 0.395 e. The number of aliphatic hydroxyl groups excluding tert-OH is 1. The monoisotopic (exact) mass is 216 g/mol. The molecule has 0 radical (unpaired) electrons. The SMILES string of the molecule is CCCN(CCO)CC(=O)N(C)C(C)C. The first-order chi connectivity index (χ1) is 7.02. The van der Waals surface area contributed by atoms with Crippen LogP contribution in [0.1, 0.15) is 27.2 Å². The molecule has 0 heterocycles. The van der Waals surface area contributed by atoms with Crippen LogP contribution in [-0.4, -0.2) is 60.1 Å². The third-order valence-electron chi connectivity index (χ3n) is 2.48. The van der Waals surface area contributed by atoms with Crippen LogP contribution in [0.15, 0.2) is 0 Å². The first-order valence-electron chi connectivity index (χ1n) is 5.61. The molecule has 0 spiro atoms. The van der Waals surface area contributed by atoms with Crippen molar-refractivity contribution in [1.29, 1.82) is 0 Å². The molecular weight excluding hydrogens is 192 g/mol. The van der Waals surface area contributed by atoms with E-state index < -0.39 is 0 Å². The Morgan fingerprint density at radius 1 is 1.33 bits per heavy atom. The highest BCUT2D eigenvalue weighted by molar-refractivity contribution is 5.78. The molecule has 90 valence electrons. The van der Waals surface area contributed by atoms with E-state index in [0.29, 0.717) is 13.1 Å². The van der Waals surface area contributed by atoms with E-state index in [4.69, 9.17) is 5.11 Å². The number of nitrogens with zero attached hydrogens (tertiary/aromatic N) is 2. The molecule has 0 saturated heterocycles. The molecule has 1 N–H and O–H groups in total. The van der Waals surface area contributed by atoms with Crippen molar-refractivity contribution in [2.75, 3.05) is 33.3 Å². The van der Waals surface area contributed by atoms with Gasteiger partial charge in [0.05, 0.1) is 13.2 Å². The van der Waals surface area contributed by atoms with E-state index in [1.807, 2.05) is 25.8 Å². The molecule has 0 unspecified atom stereocenters. The highest BCUT2D eigenvalue weighted by Crippen LogP contribution is 1.98. The summed E-state index contributed by atoms with van der Waals surface area (Å²) in [5.74, 6) is 0.118. The smallest absolute Gasteiger partial charge is 0.236 e. The van der Waals surface area contributed by atoms with Gasteiger partial charge in [0, 0.05) is 19.6 Å². The highest BCUT2D eigenvalue weighted by Gasteiger charge is 2.15. The molecule has 15 heavy (non-hydrogen) atoms. The average Bonchev–Trinajstić information content (AvgIpc) is 2.17. The lowest BCUT2D eigenvalue weighted by Crippen LogP contribution is -2.42. The minimum atomic E-state index is 0.110. The minimum Gasteiger partial charge on any atom is -0.395 e. The normalized spacial score (nSPS) is 11.1. The number of rotatable bonds is 7. The number of hydrogen-bond donors (Lipinski definition) is 1. The molecule has 0 fully saturated rings. The second-order valence-electron chi connectivity index (χ2n) is 4.10.